The molecule has 0 aliphatic heterocycles. The van der Waals surface area contributed by atoms with Gasteiger partial charge in [0.2, 0.25) is 0 Å². The Labute approximate surface area is 103 Å². The predicted molar refractivity (Wildman–Crippen MR) is 66.9 cm³/mol. The van der Waals surface area contributed by atoms with Gasteiger partial charge in [-0.1, -0.05) is 13.8 Å². The number of nitrogens with zero attached hydrogens (tertiary/aromatic N) is 2. The molecule has 0 N–H and O–H groups in total. The standard InChI is InChI=1S/C13H22N2O2/c1-5-13(6-2,17-4)11(16)7-8-12-14-9-10-15(12)3/h9-10H,5-8H2,1-4H3. The number of ether oxygens (including phenoxy) is 1. The lowest BCUT2D eigenvalue weighted by molar-refractivity contribution is -0.142. The first kappa shape index (κ1) is 13.9. The molecule has 4 heteroatoms. The molecule has 1 rings (SSSR count). The molecule has 0 aliphatic rings. The fraction of sp³-hybridized carbons (Fsp3) is 0.692. The first-order chi connectivity index (χ1) is 8.09. The SMILES string of the molecule is CCC(CC)(OC)C(=O)CCc1nccn1C. The molecule has 0 radical (unpaired) electrons. The molecule has 96 valence electrons. The highest BCUT2D eigenvalue weighted by atomic mass is 16.5. The third-order valence-electron chi connectivity index (χ3n) is 3.54. The second-order valence-electron chi connectivity index (χ2n) is 4.28. The number of hydrogen-bond donors (Lipinski definition) is 0. The Morgan fingerprint density at radius 3 is 2.53 bits per heavy atom. The molecule has 0 aliphatic carbocycles. The van der Waals surface area contributed by atoms with E-state index in [2.05, 4.69) is 4.98 Å². The zero-order chi connectivity index (χ0) is 12.9. The van der Waals surface area contributed by atoms with E-state index in [0.717, 1.165) is 18.7 Å². The Morgan fingerprint density at radius 2 is 2.12 bits per heavy atom. The fourth-order valence-corrected chi connectivity index (χ4v) is 2.14. The smallest absolute Gasteiger partial charge is 0.165 e. The van der Waals surface area contributed by atoms with E-state index < -0.39 is 5.60 Å². The number of aromatic nitrogens is 2. The summed E-state index contributed by atoms with van der Waals surface area (Å²) in [6.07, 6.45) is 6.25. The van der Waals surface area contributed by atoms with Crippen LogP contribution < -0.4 is 0 Å². The Hall–Kier alpha value is -1.16. The van der Waals surface area contributed by atoms with Gasteiger partial charge < -0.3 is 9.30 Å². The first-order valence-electron chi connectivity index (χ1n) is 6.14. The summed E-state index contributed by atoms with van der Waals surface area (Å²) in [7, 11) is 3.56. The van der Waals surface area contributed by atoms with Crippen molar-refractivity contribution >= 4 is 5.78 Å². The van der Waals surface area contributed by atoms with Crippen LogP contribution >= 0.6 is 0 Å². The van der Waals surface area contributed by atoms with Crippen molar-refractivity contribution in [1.29, 1.82) is 0 Å². The predicted octanol–water partition coefficient (Wildman–Crippen LogP) is 2.13. The molecule has 0 saturated heterocycles. The molecule has 0 unspecified atom stereocenters. The van der Waals surface area contributed by atoms with Gasteiger partial charge in [-0.25, -0.2) is 4.98 Å². The largest absolute Gasteiger partial charge is 0.370 e. The lowest BCUT2D eigenvalue weighted by Crippen LogP contribution is -2.39. The molecule has 0 bridgehead atoms. The normalized spacial score (nSPS) is 11.8. The number of methoxy groups -OCH3 is 1. The Kier molecular flexibility index (Phi) is 4.87. The summed E-state index contributed by atoms with van der Waals surface area (Å²) >= 11 is 0. The Morgan fingerprint density at radius 1 is 1.47 bits per heavy atom. The number of hydrogen-bond acceptors (Lipinski definition) is 3. The lowest BCUT2D eigenvalue weighted by Gasteiger charge is -2.28. The van der Waals surface area contributed by atoms with Crippen molar-refractivity contribution in [3.05, 3.63) is 18.2 Å². The minimum atomic E-state index is -0.606. The average molecular weight is 238 g/mol. The number of rotatable bonds is 7. The second kappa shape index (κ2) is 5.96. The van der Waals surface area contributed by atoms with Crippen LogP contribution in [0, 0.1) is 0 Å². The van der Waals surface area contributed by atoms with Crippen LogP contribution in [0.4, 0.5) is 0 Å². The van der Waals surface area contributed by atoms with Gasteiger partial charge in [0.15, 0.2) is 5.78 Å². The molecule has 1 aromatic rings. The van der Waals surface area contributed by atoms with Gasteiger partial charge in [0.05, 0.1) is 0 Å². The number of carbonyl (C=O) groups excluding carboxylic acids is 1. The maximum absolute atomic E-state index is 12.2. The van der Waals surface area contributed by atoms with E-state index in [1.165, 1.54) is 0 Å². The van der Waals surface area contributed by atoms with Crippen molar-refractivity contribution in [3.63, 3.8) is 0 Å². The highest BCUT2D eigenvalue weighted by molar-refractivity contribution is 5.87. The maximum Gasteiger partial charge on any atom is 0.165 e. The van der Waals surface area contributed by atoms with Gasteiger partial charge >= 0.3 is 0 Å². The van der Waals surface area contributed by atoms with Crippen molar-refractivity contribution in [1.82, 2.24) is 9.55 Å². The van der Waals surface area contributed by atoms with Crippen molar-refractivity contribution in [2.24, 2.45) is 7.05 Å². The molecule has 0 saturated carbocycles. The summed E-state index contributed by atoms with van der Waals surface area (Å²) in [5, 5.41) is 0. The number of aryl methyl sites for hydroxylation is 2. The van der Waals surface area contributed by atoms with Crippen molar-refractivity contribution in [2.45, 2.75) is 45.1 Å². The third kappa shape index (κ3) is 2.94. The van der Waals surface area contributed by atoms with E-state index in [-0.39, 0.29) is 5.78 Å². The molecule has 17 heavy (non-hydrogen) atoms. The van der Waals surface area contributed by atoms with E-state index >= 15 is 0 Å². The van der Waals surface area contributed by atoms with Gasteiger partial charge in [-0.05, 0) is 12.8 Å². The van der Waals surface area contributed by atoms with Gasteiger partial charge in [-0.15, -0.1) is 0 Å². The van der Waals surface area contributed by atoms with Gasteiger partial charge in [-0.2, -0.15) is 0 Å². The third-order valence-corrected chi connectivity index (χ3v) is 3.54. The van der Waals surface area contributed by atoms with Crippen LogP contribution in [0.5, 0.6) is 0 Å². The van der Waals surface area contributed by atoms with E-state index in [9.17, 15) is 4.79 Å². The second-order valence-corrected chi connectivity index (χ2v) is 4.28. The summed E-state index contributed by atoms with van der Waals surface area (Å²) in [5.74, 6) is 1.11. The van der Waals surface area contributed by atoms with Crippen LogP contribution in [0.25, 0.3) is 0 Å². The summed E-state index contributed by atoms with van der Waals surface area (Å²) in [4.78, 5) is 16.4. The summed E-state index contributed by atoms with van der Waals surface area (Å²) in [5.41, 5.74) is -0.606. The molecule has 0 aromatic carbocycles. The van der Waals surface area contributed by atoms with Crippen LogP contribution in [-0.4, -0.2) is 28.0 Å². The van der Waals surface area contributed by atoms with Gasteiger partial charge in [0.25, 0.3) is 0 Å². The molecular formula is C13H22N2O2. The lowest BCUT2D eigenvalue weighted by atomic mass is 9.89. The summed E-state index contributed by atoms with van der Waals surface area (Å²) in [6.45, 7) is 3.98. The Bertz CT molecular complexity index is 359. The van der Waals surface area contributed by atoms with Crippen LogP contribution in [-0.2, 0) is 23.0 Å². The number of imidazole rings is 1. The minimum Gasteiger partial charge on any atom is -0.370 e. The van der Waals surface area contributed by atoms with Crippen LogP contribution in [0.1, 0.15) is 38.9 Å². The van der Waals surface area contributed by atoms with Gasteiger partial charge in [0, 0.05) is 39.4 Å². The zero-order valence-electron chi connectivity index (χ0n) is 11.2. The van der Waals surface area contributed by atoms with E-state index in [1.54, 1.807) is 13.3 Å². The molecule has 0 fully saturated rings. The fourth-order valence-electron chi connectivity index (χ4n) is 2.14. The molecule has 0 amide bonds. The van der Waals surface area contributed by atoms with Crippen LogP contribution in [0.2, 0.25) is 0 Å². The van der Waals surface area contributed by atoms with E-state index in [1.807, 2.05) is 31.7 Å². The monoisotopic (exact) mass is 238 g/mol. The molecule has 0 spiro atoms. The minimum absolute atomic E-state index is 0.174. The number of ketones is 1. The van der Waals surface area contributed by atoms with Crippen molar-refractivity contribution < 1.29 is 9.53 Å². The number of carbonyl (C=O) groups is 1. The topological polar surface area (TPSA) is 44.1 Å². The first-order valence-corrected chi connectivity index (χ1v) is 6.14. The van der Waals surface area contributed by atoms with Crippen LogP contribution in [0.15, 0.2) is 12.4 Å². The molecule has 4 nitrogen and oxygen atoms in total. The Balaban J connectivity index is 2.63. The van der Waals surface area contributed by atoms with Crippen LogP contribution in [0.3, 0.4) is 0 Å². The van der Waals surface area contributed by atoms with E-state index in [4.69, 9.17) is 4.74 Å². The van der Waals surface area contributed by atoms with Gasteiger partial charge in [0.1, 0.15) is 11.4 Å². The molecule has 0 atom stereocenters. The molecule has 1 heterocycles. The molecular weight excluding hydrogens is 216 g/mol. The number of Topliss-reactive ketones (excluding diaryl/α,β-unsaturated/α-hetero) is 1. The summed E-state index contributed by atoms with van der Waals surface area (Å²) in [6, 6.07) is 0. The molecule has 1 aromatic heterocycles. The maximum atomic E-state index is 12.2. The zero-order valence-corrected chi connectivity index (χ0v) is 11.2. The van der Waals surface area contributed by atoms with Crippen molar-refractivity contribution in [2.75, 3.05) is 7.11 Å². The van der Waals surface area contributed by atoms with Gasteiger partial charge in [-0.3, -0.25) is 4.79 Å². The summed E-state index contributed by atoms with van der Waals surface area (Å²) < 4.78 is 7.37. The highest BCUT2D eigenvalue weighted by Crippen LogP contribution is 2.23. The average Bonchev–Trinajstić information content (AvgIpc) is 2.75. The van der Waals surface area contributed by atoms with Crippen molar-refractivity contribution in [3.8, 4) is 0 Å². The van der Waals surface area contributed by atoms with E-state index in [0.29, 0.717) is 12.8 Å². The quantitative estimate of drug-likeness (QED) is 0.731. The highest BCUT2D eigenvalue weighted by Gasteiger charge is 2.33.